The quantitative estimate of drug-likeness (QED) is 0.868. The molecule has 1 unspecified atom stereocenters. The van der Waals surface area contributed by atoms with Gasteiger partial charge in [-0.1, -0.05) is 23.9 Å². The zero-order valence-electron chi connectivity index (χ0n) is 12.2. The Morgan fingerprint density at radius 1 is 1.38 bits per heavy atom. The van der Waals surface area contributed by atoms with Crippen LogP contribution in [0.3, 0.4) is 0 Å². The Morgan fingerprint density at radius 3 is 2.81 bits per heavy atom. The third kappa shape index (κ3) is 3.91. The van der Waals surface area contributed by atoms with E-state index in [1.165, 1.54) is 11.8 Å². The topological polar surface area (TPSA) is 64.6 Å². The molecule has 1 atom stereocenters. The number of carbonyl (C=O) groups is 2. The van der Waals surface area contributed by atoms with Gasteiger partial charge in [-0.3, -0.25) is 9.59 Å². The van der Waals surface area contributed by atoms with Crippen LogP contribution in [0.5, 0.6) is 11.5 Å². The summed E-state index contributed by atoms with van der Waals surface area (Å²) in [7, 11) is 3.16. The van der Waals surface area contributed by atoms with E-state index in [1.807, 2.05) is 18.2 Å². The van der Waals surface area contributed by atoms with Gasteiger partial charge in [0.1, 0.15) is 0 Å². The van der Waals surface area contributed by atoms with Crippen molar-refractivity contribution in [2.24, 2.45) is 0 Å². The van der Waals surface area contributed by atoms with Crippen molar-refractivity contribution in [1.82, 2.24) is 5.32 Å². The maximum atomic E-state index is 11.9. The lowest BCUT2D eigenvalue weighted by Crippen LogP contribution is -2.37. The lowest BCUT2D eigenvalue weighted by molar-refractivity contribution is -0.124. The van der Waals surface area contributed by atoms with Gasteiger partial charge < -0.3 is 14.8 Å². The smallest absolute Gasteiger partial charge is 0.220 e. The third-order valence-electron chi connectivity index (χ3n) is 3.38. The summed E-state index contributed by atoms with van der Waals surface area (Å²) in [5.74, 6) is 1.98. The predicted molar refractivity (Wildman–Crippen MR) is 81.9 cm³/mol. The van der Waals surface area contributed by atoms with E-state index in [0.717, 1.165) is 17.7 Å². The van der Waals surface area contributed by atoms with Crippen molar-refractivity contribution < 1.29 is 19.1 Å². The minimum absolute atomic E-state index is 0.0577. The Balaban J connectivity index is 1.93. The summed E-state index contributed by atoms with van der Waals surface area (Å²) in [5.41, 5.74) is 0.916. The summed E-state index contributed by atoms with van der Waals surface area (Å²) in [5, 5.41) is 2.84. The van der Waals surface area contributed by atoms with Crippen molar-refractivity contribution >= 4 is 22.8 Å². The lowest BCUT2D eigenvalue weighted by atomic mass is 10.1. The van der Waals surface area contributed by atoms with Crippen LogP contribution in [0.2, 0.25) is 0 Å². The highest BCUT2D eigenvalue weighted by Gasteiger charge is 2.26. The predicted octanol–water partition coefficient (Wildman–Crippen LogP) is 1.78. The van der Waals surface area contributed by atoms with E-state index in [2.05, 4.69) is 5.32 Å². The molecule has 1 aliphatic heterocycles. The van der Waals surface area contributed by atoms with Crippen molar-refractivity contribution in [3.05, 3.63) is 23.8 Å². The molecule has 0 aliphatic carbocycles. The van der Waals surface area contributed by atoms with Crippen molar-refractivity contribution in [3.8, 4) is 11.5 Å². The molecule has 1 aliphatic rings. The number of hydrogen-bond donors (Lipinski definition) is 1. The highest BCUT2D eigenvalue weighted by molar-refractivity contribution is 8.14. The molecule has 5 nitrogen and oxygen atoms in total. The first-order chi connectivity index (χ1) is 10.2. The summed E-state index contributed by atoms with van der Waals surface area (Å²) in [6, 6.07) is 5.27. The van der Waals surface area contributed by atoms with Crippen molar-refractivity contribution in [3.63, 3.8) is 0 Å². The van der Waals surface area contributed by atoms with Crippen LogP contribution in [0.1, 0.15) is 18.4 Å². The summed E-state index contributed by atoms with van der Waals surface area (Å²) >= 11 is 1.28. The molecule has 114 valence electrons. The molecular formula is C15H19NO4S. The summed E-state index contributed by atoms with van der Waals surface area (Å²) < 4.78 is 10.6. The molecule has 1 heterocycles. The fraction of sp³-hybridized carbons (Fsp3) is 0.467. The highest BCUT2D eigenvalue weighted by atomic mass is 32.2. The Kier molecular flexibility index (Phi) is 5.50. The fourth-order valence-electron chi connectivity index (χ4n) is 2.29. The molecule has 6 heteroatoms. The number of para-hydroxylation sites is 1. The Labute approximate surface area is 128 Å². The molecule has 0 aromatic heterocycles. The van der Waals surface area contributed by atoms with Gasteiger partial charge in [-0.15, -0.1) is 0 Å². The van der Waals surface area contributed by atoms with Crippen LogP contribution < -0.4 is 14.8 Å². The number of thioether (sulfide) groups is 1. The summed E-state index contributed by atoms with van der Waals surface area (Å²) in [6.07, 6.45) is 1.58. The maximum absolute atomic E-state index is 11.9. The number of aryl methyl sites for hydroxylation is 1. The first-order valence-corrected chi connectivity index (χ1v) is 7.80. The number of rotatable bonds is 6. The molecule has 1 amide bonds. The second-order valence-electron chi connectivity index (χ2n) is 4.73. The lowest BCUT2D eigenvalue weighted by Gasteiger charge is -2.13. The molecular weight excluding hydrogens is 290 g/mol. The first kappa shape index (κ1) is 15.7. The van der Waals surface area contributed by atoms with E-state index in [1.54, 1.807) is 14.2 Å². The molecule has 2 rings (SSSR count). The largest absolute Gasteiger partial charge is 0.493 e. The average molecular weight is 309 g/mol. The molecule has 0 saturated carbocycles. The van der Waals surface area contributed by atoms with Gasteiger partial charge in [-0.25, -0.2) is 0 Å². The molecule has 1 fully saturated rings. The van der Waals surface area contributed by atoms with E-state index in [0.29, 0.717) is 24.3 Å². The van der Waals surface area contributed by atoms with Crippen molar-refractivity contribution in [2.45, 2.75) is 25.3 Å². The van der Waals surface area contributed by atoms with Crippen molar-refractivity contribution in [1.29, 1.82) is 0 Å². The molecule has 1 N–H and O–H groups in total. The van der Waals surface area contributed by atoms with E-state index < -0.39 is 0 Å². The van der Waals surface area contributed by atoms with E-state index >= 15 is 0 Å². The number of benzene rings is 1. The van der Waals surface area contributed by atoms with Gasteiger partial charge in [0, 0.05) is 12.2 Å². The molecule has 1 aromatic rings. The van der Waals surface area contributed by atoms with Crippen LogP contribution in [-0.4, -0.2) is 37.0 Å². The molecule has 0 spiro atoms. The first-order valence-electron chi connectivity index (χ1n) is 6.81. The van der Waals surface area contributed by atoms with Crippen LogP contribution >= 0.6 is 11.8 Å². The highest BCUT2D eigenvalue weighted by Crippen LogP contribution is 2.31. The molecule has 0 radical (unpaired) electrons. The fourth-order valence-corrected chi connectivity index (χ4v) is 3.22. The van der Waals surface area contributed by atoms with Crippen LogP contribution in [-0.2, 0) is 16.0 Å². The van der Waals surface area contributed by atoms with Crippen LogP contribution in [0.4, 0.5) is 0 Å². The van der Waals surface area contributed by atoms with Gasteiger partial charge in [0.05, 0.1) is 20.3 Å². The van der Waals surface area contributed by atoms with Crippen LogP contribution in [0.15, 0.2) is 18.2 Å². The average Bonchev–Trinajstić information content (AvgIpc) is 2.89. The summed E-state index contributed by atoms with van der Waals surface area (Å²) in [4.78, 5) is 23.4. The SMILES string of the molecule is COc1cccc(CCC(=O)NC2CCSC2=O)c1OC. The van der Waals surface area contributed by atoms with Crippen molar-refractivity contribution in [2.75, 3.05) is 20.0 Å². The number of methoxy groups -OCH3 is 2. The van der Waals surface area contributed by atoms with E-state index in [9.17, 15) is 9.59 Å². The standard InChI is InChI=1S/C15H19NO4S/c1-19-12-5-3-4-10(14(12)20-2)6-7-13(17)16-11-8-9-21-15(11)18/h3-5,11H,6-9H2,1-2H3,(H,16,17). The Morgan fingerprint density at radius 2 is 2.19 bits per heavy atom. The van der Waals surface area contributed by atoms with Crippen LogP contribution in [0, 0.1) is 0 Å². The second kappa shape index (κ2) is 7.36. The number of carbonyl (C=O) groups excluding carboxylic acids is 2. The minimum Gasteiger partial charge on any atom is -0.493 e. The maximum Gasteiger partial charge on any atom is 0.220 e. The number of nitrogens with one attached hydrogen (secondary N) is 1. The third-order valence-corrected chi connectivity index (χ3v) is 4.39. The van der Waals surface area contributed by atoms with E-state index in [-0.39, 0.29) is 17.1 Å². The Hall–Kier alpha value is -1.69. The molecule has 0 bridgehead atoms. The van der Waals surface area contributed by atoms with E-state index in [4.69, 9.17) is 9.47 Å². The number of amides is 1. The molecule has 1 saturated heterocycles. The Bertz CT molecular complexity index is 532. The monoisotopic (exact) mass is 309 g/mol. The van der Waals surface area contributed by atoms with Gasteiger partial charge in [-0.05, 0) is 24.5 Å². The zero-order chi connectivity index (χ0) is 15.2. The van der Waals surface area contributed by atoms with Crippen LogP contribution in [0.25, 0.3) is 0 Å². The number of hydrogen-bond acceptors (Lipinski definition) is 5. The van der Waals surface area contributed by atoms with Gasteiger partial charge in [0.15, 0.2) is 11.5 Å². The summed E-state index contributed by atoms with van der Waals surface area (Å²) in [6.45, 7) is 0. The van der Waals surface area contributed by atoms with Gasteiger partial charge >= 0.3 is 0 Å². The zero-order valence-corrected chi connectivity index (χ0v) is 13.0. The normalized spacial score (nSPS) is 17.6. The number of ether oxygens (including phenoxy) is 2. The van der Waals surface area contributed by atoms with Gasteiger partial charge in [-0.2, -0.15) is 0 Å². The second-order valence-corrected chi connectivity index (χ2v) is 5.83. The minimum atomic E-state index is -0.324. The molecule has 21 heavy (non-hydrogen) atoms. The molecule has 1 aromatic carbocycles. The van der Waals surface area contributed by atoms with Gasteiger partial charge in [0.25, 0.3) is 0 Å². The van der Waals surface area contributed by atoms with Gasteiger partial charge in [0.2, 0.25) is 11.0 Å².